The first-order valence-electron chi connectivity index (χ1n) is 14.0. The molecule has 30 heavy (non-hydrogen) atoms. The second-order valence-corrected chi connectivity index (χ2v) is 11.9. The van der Waals surface area contributed by atoms with Crippen molar-refractivity contribution in [3.8, 4) is 0 Å². The normalized spacial score (nSPS) is 32.8. The topological polar surface area (TPSA) is 37.3 Å². The van der Waals surface area contributed by atoms with E-state index in [9.17, 15) is 9.90 Å². The van der Waals surface area contributed by atoms with Crippen molar-refractivity contribution in [1.29, 1.82) is 0 Å². The number of rotatable bonds is 4. The van der Waals surface area contributed by atoms with Crippen LogP contribution in [0.3, 0.4) is 0 Å². The van der Waals surface area contributed by atoms with Gasteiger partial charge in [0.05, 0.1) is 16.9 Å². The Labute approximate surface area is 185 Å². The summed E-state index contributed by atoms with van der Waals surface area (Å²) >= 11 is 0. The van der Waals surface area contributed by atoms with Gasteiger partial charge in [-0.1, -0.05) is 77.0 Å². The first-order valence-corrected chi connectivity index (χ1v) is 14.0. The first kappa shape index (κ1) is 21.5. The Morgan fingerprint density at radius 1 is 0.467 bits per heavy atom. The molecule has 0 spiro atoms. The highest BCUT2D eigenvalue weighted by atomic mass is 16.3. The molecule has 0 saturated heterocycles. The van der Waals surface area contributed by atoms with Crippen molar-refractivity contribution in [2.45, 2.75) is 135 Å². The smallest absolute Gasteiger partial charge is 0.151 e. The van der Waals surface area contributed by atoms with Crippen LogP contribution in [0.4, 0.5) is 0 Å². The summed E-state index contributed by atoms with van der Waals surface area (Å²) < 4.78 is 0. The van der Waals surface area contributed by atoms with Gasteiger partial charge < -0.3 is 5.11 Å². The second-order valence-electron chi connectivity index (χ2n) is 11.9. The number of carbonyl (C=O) groups is 1. The highest BCUT2D eigenvalue weighted by Crippen LogP contribution is 2.71. The van der Waals surface area contributed by atoms with Gasteiger partial charge in [0.15, 0.2) is 5.78 Å². The van der Waals surface area contributed by atoms with Crippen LogP contribution < -0.4 is 0 Å². The molecular weight excluding hydrogens is 368 g/mol. The van der Waals surface area contributed by atoms with Crippen LogP contribution in [0.15, 0.2) is 0 Å². The van der Waals surface area contributed by atoms with E-state index in [0.29, 0.717) is 29.5 Å². The van der Waals surface area contributed by atoms with Crippen molar-refractivity contribution < 1.29 is 9.90 Å². The van der Waals surface area contributed by atoms with Gasteiger partial charge in [-0.3, -0.25) is 4.79 Å². The number of hydrogen-bond donors (Lipinski definition) is 1. The molecule has 1 N–H and O–H groups in total. The van der Waals surface area contributed by atoms with Gasteiger partial charge in [0, 0.05) is 0 Å². The van der Waals surface area contributed by atoms with Crippen molar-refractivity contribution in [3.05, 3.63) is 0 Å². The maximum atomic E-state index is 14.9. The fraction of sp³-hybridized carbons (Fsp3) is 0.964. The van der Waals surface area contributed by atoms with Crippen LogP contribution in [0.1, 0.15) is 128 Å². The van der Waals surface area contributed by atoms with Crippen molar-refractivity contribution >= 4 is 5.78 Å². The van der Waals surface area contributed by atoms with Gasteiger partial charge >= 0.3 is 0 Å². The predicted octanol–water partition coefficient (Wildman–Crippen LogP) is 7.22. The summed E-state index contributed by atoms with van der Waals surface area (Å²) in [6.07, 6.45) is 24.8. The third-order valence-electron chi connectivity index (χ3n) is 10.8. The summed E-state index contributed by atoms with van der Waals surface area (Å²) in [5.74, 6) is 2.49. The van der Waals surface area contributed by atoms with Gasteiger partial charge in [0.1, 0.15) is 0 Å². The van der Waals surface area contributed by atoms with Crippen molar-refractivity contribution in [2.24, 2.45) is 34.5 Å². The fourth-order valence-corrected chi connectivity index (χ4v) is 9.56. The van der Waals surface area contributed by atoms with E-state index in [2.05, 4.69) is 0 Å². The van der Waals surface area contributed by atoms with Gasteiger partial charge in [-0.05, 0) is 75.0 Å². The van der Waals surface area contributed by atoms with E-state index in [0.717, 1.165) is 0 Å². The van der Waals surface area contributed by atoms with Crippen LogP contribution in [0.2, 0.25) is 0 Å². The summed E-state index contributed by atoms with van der Waals surface area (Å²) in [7, 11) is 0. The Hall–Kier alpha value is -0.370. The Morgan fingerprint density at radius 3 is 0.900 bits per heavy atom. The van der Waals surface area contributed by atoms with Crippen molar-refractivity contribution in [3.63, 3.8) is 0 Å². The summed E-state index contributed by atoms with van der Waals surface area (Å²) in [6, 6.07) is 0. The molecule has 0 aliphatic heterocycles. The Bertz CT molecular complexity index is 500. The molecule has 5 aliphatic rings. The van der Waals surface area contributed by atoms with Crippen LogP contribution in [0.25, 0.3) is 0 Å². The van der Waals surface area contributed by atoms with Crippen molar-refractivity contribution in [2.75, 3.05) is 0 Å². The van der Waals surface area contributed by atoms with E-state index in [1.54, 1.807) is 0 Å². The van der Waals surface area contributed by atoms with E-state index >= 15 is 0 Å². The molecule has 5 rings (SSSR count). The maximum absolute atomic E-state index is 14.9. The Kier molecular flexibility index (Phi) is 6.35. The Morgan fingerprint density at radius 2 is 0.700 bits per heavy atom. The summed E-state index contributed by atoms with van der Waals surface area (Å²) in [5, 5.41) is 12.4. The summed E-state index contributed by atoms with van der Waals surface area (Å²) in [5.41, 5.74) is -0.731. The third kappa shape index (κ3) is 3.09. The lowest BCUT2D eigenvalue weighted by atomic mass is 9.33. The average Bonchev–Trinajstić information content (AvgIpc) is 2.83. The summed E-state index contributed by atoms with van der Waals surface area (Å²) in [6.45, 7) is 0. The maximum Gasteiger partial charge on any atom is 0.151 e. The SMILES string of the molecule is O=C1C(C2CCCCC2)(C2CCCCC2)C(O)C1(C1CCCCC1)C1CCCCC1. The minimum Gasteiger partial charge on any atom is -0.391 e. The average molecular weight is 415 g/mol. The molecule has 2 nitrogen and oxygen atoms in total. The van der Waals surface area contributed by atoms with Crippen LogP contribution in [-0.4, -0.2) is 17.0 Å². The molecule has 0 radical (unpaired) electrons. The molecule has 2 heteroatoms. The lowest BCUT2D eigenvalue weighted by Crippen LogP contribution is -2.79. The minimum atomic E-state index is -0.365. The molecule has 0 atom stereocenters. The molecule has 0 heterocycles. The van der Waals surface area contributed by atoms with Gasteiger partial charge in [-0.15, -0.1) is 0 Å². The zero-order chi connectivity index (χ0) is 20.6. The molecule has 5 fully saturated rings. The summed E-state index contributed by atoms with van der Waals surface area (Å²) in [4.78, 5) is 14.9. The van der Waals surface area contributed by atoms with E-state index in [1.807, 2.05) is 0 Å². The Balaban J connectivity index is 1.54. The van der Waals surface area contributed by atoms with E-state index in [1.165, 1.54) is 128 Å². The number of aliphatic hydroxyl groups excluding tert-OH is 1. The molecule has 0 unspecified atom stereocenters. The molecule has 170 valence electrons. The third-order valence-corrected chi connectivity index (χ3v) is 10.8. The number of carbonyl (C=O) groups excluding carboxylic acids is 1. The van der Waals surface area contributed by atoms with Crippen LogP contribution in [0.5, 0.6) is 0 Å². The van der Waals surface area contributed by atoms with Crippen molar-refractivity contribution in [1.82, 2.24) is 0 Å². The minimum absolute atomic E-state index is 0.338. The fourth-order valence-electron chi connectivity index (χ4n) is 9.56. The van der Waals surface area contributed by atoms with Gasteiger partial charge in [0.2, 0.25) is 0 Å². The second kappa shape index (κ2) is 8.87. The molecule has 0 aromatic heterocycles. The number of aliphatic hydroxyl groups is 1. The van der Waals surface area contributed by atoms with Gasteiger partial charge in [-0.2, -0.15) is 0 Å². The predicted molar refractivity (Wildman–Crippen MR) is 122 cm³/mol. The number of ketones is 1. The quantitative estimate of drug-likeness (QED) is 0.527. The highest BCUT2D eigenvalue weighted by Gasteiger charge is 2.77. The van der Waals surface area contributed by atoms with Crippen LogP contribution >= 0.6 is 0 Å². The molecule has 0 aromatic rings. The highest BCUT2D eigenvalue weighted by molar-refractivity contribution is 6.00. The standard InChI is InChI=1S/C28H46O2/c29-25-27(21-13-5-1-6-14-21,22-15-7-2-8-16-22)26(30)28(25,23-17-9-3-10-18-23)24-19-11-4-12-20-24/h21-25,29H,1-20H2. The zero-order valence-corrected chi connectivity index (χ0v) is 19.4. The number of hydrogen-bond acceptors (Lipinski definition) is 2. The van der Waals surface area contributed by atoms with E-state index in [4.69, 9.17) is 0 Å². The lowest BCUT2D eigenvalue weighted by molar-refractivity contribution is -0.253. The monoisotopic (exact) mass is 414 g/mol. The van der Waals surface area contributed by atoms with Gasteiger partial charge in [-0.25, -0.2) is 0 Å². The molecule has 0 aromatic carbocycles. The first-order chi connectivity index (χ1) is 14.7. The van der Waals surface area contributed by atoms with Gasteiger partial charge in [0.25, 0.3) is 0 Å². The largest absolute Gasteiger partial charge is 0.391 e. The molecule has 5 saturated carbocycles. The molecule has 0 amide bonds. The molecular formula is C28H46O2. The molecule has 5 aliphatic carbocycles. The van der Waals surface area contributed by atoms with Crippen LogP contribution in [0, 0.1) is 34.5 Å². The lowest BCUT2D eigenvalue weighted by Gasteiger charge is -2.70. The van der Waals surface area contributed by atoms with Crippen LogP contribution in [-0.2, 0) is 4.79 Å². The molecule has 0 bridgehead atoms. The number of Topliss-reactive ketones (excluding diaryl/α,β-unsaturated/α-hetero) is 1. The van der Waals surface area contributed by atoms with E-state index in [-0.39, 0.29) is 16.9 Å². The zero-order valence-electron chi connectivity index (χ0n) is 19.4. The van der Waals surface area contributed by atoms with E-state index < -0.39 is 0 Å².